The molecule has 0 saturated heterocycles. The first-order valence-corrected chi connectivity index (χ1v) is 18.7. The molecule has 1 aliphatic rings. The van der Waals surface area contributed by atoms with Crippen LogP contribution in [-0.4, -0.2) is 0 Å². The van der Waals surface area contributed by atoms with Crippen LogP contribution < -0.4 is 4.90 Å². The summed E-state index contributed by atoms with van der Waals surface area (Å²) in [4.78, 5) is 2.49. The molecule has 0 spiro atoms. The molecule has 254 valence electrons. The van der Waals surface area contributed by atoms with Crippen molar-refractivity contribution in [1.82, 2.24) is 0 Å². The van der Waals surface area contributed by atoms with Crippen molar-refractivity contribution in [2.75, 3.05) is 4.90 Å². The molecule has 0 heterocycles. The number of benzene rings is 9. The van der Waals surface area contributed by atoms with Gasteiger partial charge in [-0.1, -0.05) is 194 Å². The lowest BCUT2D eigenvalue weighted by Crippen LogP contribution is -2.28. The predicted octanol–water partition coefficient (Wildman–Crippen LogP) is 14.0. The second kappa shape index (κ2) is 13.2. The summed E-state index contributed by atoms with van der Waals surface area (Å²) in [5.74, 6) is 0. The van der Waals surface area contributed by atoms with Crippen molar-refractivity contribution in [3.63, 3.8) is 0 Å². The molecule has 54 heavy (non-hydrogen) atoms. The molecule has 1 nitrogen and oxygen atoms in total. The van der Waals surface area contributed by atoms with Crippen LogP contribution >= 0.6 is 0 Å². The van der Waals surface area contributed by atoms with E-state index < -0.39 is 5.41 Å². The third kappa shape index (κ3) is 5.01. The van der Waals surface area contributed by atoms with E-state index >= 15 is 0 Å². The molecule has 9 aromatic rings. The van der Waals surface area contributed by atoms with E-state index in [2.05, 4.69) is 229 Å². The van der Waals surface area contributed by atoms with E-state index in [0.29, 0.717) is 0 Å². The number of nitrogens with zero attached hydrogens (tertiary/aromatic N) is 1. The van der Waals surface area contributed by atoms with Crippen molar-refractivity contribution >= 4 is 27.8 Å². The minimum absolute atomic E-state index is 0.491. The van der Waals surface area contributed by atoms with E-state index in [0.717, 1.165) is 17.1 Å². The van der Waals surface area contributed by atoms with Gasteiger partial charge in [-0.3, -0.25) is 0 Å². The molecular formula is C53H37N. The number of hydrogen-bond acceptors (Lipinski definition) is 1. The highest BCUT2D eigenvalue weighted by Crippen LogP contribution is 2.59. The Morgan fingerprint density at radius 3 is 1.56 bits per heavy atom. The fraction of sp³-hybridized carbons (Fsp3) is 0.0189. The third-order valence-electron chi connectivity index (χ3n) is 11.1. The molecule has 0 aromatic heterocycles. The van der Waals surface area contributed by atoms with E-state index in [1.165, 1.54) is 66.4 Å². The number of rotatable bonds is 7. The molecule has 0 saturated carbocycles. The molecule has 0 aliphatic heterocycles. The van der Waals surface area contributed by atoms with Gasteiger partial charge in [0.2, 0.25) is 0 Å². The summed E-state index contributed by atoms with van der Waals surface area (Å²) in [6, 6.07) is 82.0. The highest BCUT2D eigenvalue weighted by molar-refractivity contribution is 6.09. The number of para-hydroxylation sites is 1. The standard InChI is InChI=1S/C53H37N/c1-5-19-38(20-6-1)40-23-15-24-41(37-40)45-32-16-21-39-22-17-35-49(51(39)45)54(44-29-11-4-12-30-44)50-36-18-34-48-52(50)46-31-13-14-33-47(46)53(48,42-25-7-2-8-26-42)43-27-9-3-10-28-43/h1-37H. The van der Waals surface area contributed by atoms with Gasteiger partial charge in [0.15, 0.2) is 0 Å². The Hall–Kier alpha value is -6.96. The largest absolute Gasteiger partial charge is 0.309 e. The Morgan fingerprint density at radius 1 is 0.333 bits per heavy atom. The highest BCUT2D eigenvalue weighted by Gasteiger charge is 2.47. The van der Waals surface area contributed by atoms with Gasteiger partial charge in [0.25, 0.3) is 0 Å². The molecule has 1 heteroatoms. The summed E-state index contributed by atoms with van der Waals surface area (Å²) in [5.41, 5.74) is 15.4. The molecule has 10 rings (SSSR count). The molecular weight excluding hydrogens is 651 g/mol. The lowest BCUT2D eigenvalue weighted by Gasteiger charge is -2.34. The Balaban J connectivity index is 1.27. The second-order valence-corrected chi connectivity index (χ2v) is 14.0. The molecule has 0 fully saturated rings. The quantitative estimate of drug-likeness (QED) is 0.161. The summed E-state index contributed by atoms with van der Waals surface area (Å²) in [5, 5.41) is 2.42. The third-order valence-corrected chi connectivity index (χ3v) is 11.1. The van der Waals surface area contributed by atoms with Crippen LogP contribution in [0.1, 0.15) is 22.3 Å². The monoisotopic (exact) mass is 687 g/mol. The molecule has 0 N–H and O–H groups in total. The zero-order chi connectivity index (χ0) is 35.9. The molecule has 0 radical (unpaired) electrons. The average molecular weight is 688 g/mol. The first-order chi connectivity index (χ1) is 26.8. The van der Waals surface area contributed by atoms with Gasteiger partial charge in [-0.05, 0) is 85.8 Å². The SMILES string of the molecule is c1ccc(-c2cccc(-c3cccc4cccc(N(c5ccccc5)c5cccc6c5-c5ccccc5C6(c5ccccc5)c5ccccc5)c34)c2)cc1. The van der Waals surface area contributed by atoms with E-state index in [1.54, 1.807) is 0 Å². The maximum Gasteiger partial charge on any atom is 0.0714 e. The minimum Gasteiger partial charge on any atom is -0.309 e. The van der Waals surface area contributed by atoms with Gasteiger partial charge in [-0.15, -0.1) is 0 Å². The van der Waals surface area contributed by atoms with Crippen LogP contribution in [0.4, 0.5) is 17.1 Å². The van der Waals surface area contributed by atoms with E-state index in [1.807, 2.05) is 0 Å². The zero-order valence-electron chi connectivity index (χ0n) is 29.8. The summed E-state index contributed by atoms with van der Waals surface area (Å²) in [6.45, 7) is 0. The van der Waals surface area contributed by atoms with Crippen LogP contribution in [-0.2, 0) is 5.41 Å². The van der Waals surface area contributed by atoms with Crippen LogP contribution in [0, 0.1) is 0 Å². The minimum atomic E-state index is -0.491. The smallest absolute Gasteiger partial charge is 0.0714 e. The molecule has 0 amide bonds. The summed E-state index contributed by atoms with van der Waals surface area (Å²) in [6.07, 6.45) is 0. The van der Waals surface area contributed by atoms with Gasteiger partial charge in [-0.2, -0.15) is 0 Å². The Bertz CT molecular complexity index is 2710. The first-order valence-electron chi connectivity index (χ1n) is 18.7. The van der Waals surface area contributed by atoms with Crippen molar-refractivity contribution in [2.24, 2.45) is 0 Å². The predicted molar refractivity (Wildman–Crippen MR) is 227 cm³/mol. The first kappa shape index (κ1) is 31.7. The topological polar surface area (TPSA) is 3.24 Å². The van der Waals surface area contributed by atoms with Crippen molar-refractivity contribution in [2.45, 2.75) is 5.41 Å². The maximum absolute atomic E-state index is 2.49. The van der Waals surface area contributed by atoms with Crippen LogP contribution in [0.3, 0.4) is 0 Å². The van der Waals surface area contributed by atoms with Crippen molar-refractivity contribution in [3.05, 3.63) is 247 Å². The average Bonchev–Trinajstić information content (AvgIpc) is 3.57. The van der Waals surface area contributed by atoms with Crippen LogP contribution in [0.15, 0.2) is 224 Å². The number of anilines is 3. The van der Waals surface area contributed by atoms with E-state index in [9.17, 15) is 0 Å². The van der Waals surface area contributed by atoms with Gasteiger partial charge in [0, 0.05) is 16.6 Å². The molecule has 1 aliphatic carbocycles. The van der Waals surface area contributed by atoms with Crippen molar-refractivity contribution < 1.29 is 0 Å². The summed E-state index contributed by atoms with van der Waals surface area (Å²) < 4.78 is 0. The zero-order valence-corrected chi connectivity index (χ0v) is 29.8. The van der Waals surface area contributed by atoms with Gasteiger partial charge in [-0.25, -0.2) is 0 Å². The maximum atomic E-state index is 2.49. The van der Waals surface area contributed by atoms with Gasteiger partial charge < -0.3 is 4.90 Å². The van der Waals surface area contributed by atoms with Gasteiger partial charge >= 0.3 is 0 Å². The van der Waals surface area contributed by atoms with E-state index in [-0.39, 0.29) is 0 Å². The summed E-state index contributed by atoms with van der Waals surface area (Å²) >= 11 is 0. The fourth-order valence-corrected chi connectivity index (χ4v) is 8.89. The number of fused-ring (bicyclic) bond motifs is 4. The molecule has 9 aromatic carbocycles. The fourth-order valence-electron chi connectivity index (χ4n) is 8.89. The number of hydrogen-bond donors (Lipinski definition) is 0. The van der Waals surface area contributed by atoms with Gasteiger partial charge in [0.1, 0.15) is 0 Å². The Morgan fingerprint density at radius 2 is 0.833 bits per heavy atom. The van der Waals surface area contributed by atoms with Crippen molar-refractivity contribution in [3.8, 4) is 33.4 Å². The lowest BCUT2D eigenvalue weighted by molar-refractivity contribution is 0.768. The van der Waals surface area contributed by atoms with Crippen LogP contribution in [0.5, 0.6) is 0 Å². The van der Waals surface area contributed by atoms with E-state index in [4.69, 9.17) is 0 Å². The highest BCUT2D eigenvalue weighted by atomic mass is 15.1. The Kier molecular flexibility index (Phi) is 7.78. The van der Waals surface area contributed by atoms with Crippen LogP contribution in [0.25, 0.3) is 44.2 Å². The van der Waals surface area contributed by atoms with Crippen LogP contribution in [0.2, 0.25) is 0 Å². The molecule has 0 unspecified atom stereocenters. The van der Waals surface area contributed by atoms with Gasteiger partial charge in [0.05, 0.1) is 16.8 Å². The Labute approximate surface area is 317 Å². The molecule has 0 bridgehead atoms. The molecule has 0 atom stereocenters. The lowest BCUT2D eigenvalue weighted by atomic mass is 9.68. The normalized spacial score (nSPS) is 12.6. The summed E-state index contributed by atoms with van der Waals surface area (Å²) in [7, 11) is 0. The second-order valence-electron chi connectivity index (χ2n) is 14.0. The van der Waals surface area contributed by atoms with Crippen molar-refractivity contribution in [1.29, 1.82) is 0 Å².